The van der Waals surface area contributed by atoms with Crippen LogP contribution in [0.1, 0.15) is 0 Å². The molecule has 0 amide bonds. The van der Waals surface area contributed by atoms with E-state index in [0.717, 1.165) is 16.1 Å². The molecule has 2 aromatic rings. The summed E-state index contributed by atoms with van der Waals surface area (Å²) in [5, 5.41) is 1.23. The zero-order valence-electron chi connectivity index (χ0n) is 7.24. The van der Waals surface area contributed by atoms with E-state index in [2.05, 4.69) is 4.98 Å². The molecule has 0 saturated carbocycles. The van der Waals surface area contributed by atoms with E-state index in [4.69, 9.17) is 23.2 Å². The highest BCUT2D eigenvalue weighted by Gasteiger charge is 1.97. The Morgan fingerprint density at radius 2 is 1.43 bits per heavy atom. The van der Waals surface area contributed by atoms with Gasteiger partial charge in [0.1, 0.15) is 5.15 Å². The minimum absolute atomic E-state index is 0.503. The van der Waals surface area contributed by atoms with Gasteiger partial charge in [0.05, 0.1) is 0 Å². The third-order valence-corrected chi connectivity index (χ3v) is 2.38. The molecule has 1 aromatic carbocycles. The van der Waals surface area contributed by atoms with E-state index in [1.807, 2.05) is 30.3 Å². The predicted octanol–water partition coefficient (Wildman–Crippen LogP) is 4.06. The SMILES string of the molecule is Clc1ccc(-c2ccc(Cl)nc2)cc1. The molecule has 0 aliphatic carbocycles. The van der Waals surface area contributed by atoms with Gasteiger partial charge in [-0.1, -0.05) is 35.3 Å². The van der Waals surface area contributed by atoms with Crippen molar-refractivity contribution in [2.45, 2.75) is 0 Å². The van der Waals surface area contributed by atoms with E-state index in [0.29, 0.717) is 5.15 Å². The average molecular weight is 224 g/mol. The van der Waals surface area contributed by atoms with Crippen molar-refractivity contribution >= 4 is 23.2 Å². The largest absolute Gasteiger partial charge is 0.244 e. The third-order valence-electron chi connectivity index (χ3n) is 1.90. The minimum atomic E-state index is 0.503. The number of rotatable bonds is 1. The molecule has 3 heteroatoms. The van der Waals surface area contributed by atoms with Crippen LogP contribution in [0.25, 0.3) is 11.1 Å². The summed E-state index contributed by atoms with van der Waals surface area (Å²) in [6, 6.07) is 11.3. The van der Waals surface area contributed by atoms with Crippen LogP contribution in [0.5, 0.6) is 0 Å². The first-order valence-corrected chi connectivity index (χ1v) is 4.89. The molecule has 1 heterocycles. The monoisotopic (exact) mass is 223 g/mol. The van der Waals surface area contributed by atoms with Crippen molar-refractivity contribution in [3.8, 4) is 11.1 Å². The van der Waals surface area contributed by atoms with Gasteiger partial charge in [-0.15, -0.1) is 0 Å². The molecule has 0 aliphatic heterocycles. The number of nitrogens with zero attached hydrogens (tertiary/aromatic N) is 1. The Labute approximate surface area is 92.3 Å². The second kappa shape index (κ2) is 3.99. The van der Waals surface area contributed by atoms with Crippen LogP contribution >= 0.6 is 23.2 Å². The van der Waals surface area contributed by atoms with Crippen LogP contribution in [-0.2, 0) is 0 Å². The Bertz CT molecular complexity index is 377. The van der Waals surface area contributed by atoms with Crippen LogP contribution in [-0.4, -0.2) is 4.98 Å². The third kappa shape index (κ3) is 2.06. The Kier molecular flexibility index (Phi) is 2.71. The van der Waals surface area contributed by atoms with E-state index in [1.54, 1.807) is 12.3 Å². The molecular formula is C11H7Cl2N. The van der Waals surface area contributed by atoms with Crippen molar-refractivity contribution in [1.29, 1.82) is 0 Å². The number of hydrogen-bond acceptors (Lipinski definition) is 1. The van der Waals surface area contributed by atoms with Gasteiger partial charge in [-0.25, -0.2) is 4.98 Å². The fraction of sp³-hybridized carbons (Fsp3) is 0. The highest BCUT2D eigenvalue weighted by Crippen LogP contribution is 2.21. The van der Waals surface area contributed by atoms with Gasteiger partial charge in [-0.2, -0.15) is 0 Å². The number of pyridine rings is 1. The number of benzene rings is 1. The number of aromatic nitrogens is 1. The van der Waals surface area contributed by atoms with Crippen molar-refractivity contribution in [3.05, 3.63) is 52.8 Å². The molecule has 14 heavy (non-hydrogen) atoms. The Morgan fingerprint density at radius 3 is 2.00 bits per heavy atom. The van der Waals surface area contributed by atoms with Crippen LogP contribution in [0.3, 0.4) is 0 Å². The molecule has 2 rings (SSSR count). The van der Waals surface area contributed by atoms with E-state index in [-0.39, 0.29) is 0 Å². The van der Waals surface area contributed by atoms with Crippen LogP contribution in [0, 0.1) is 0 Å². The van der Waals surface area contributed by atoms with Gasteiger partial charge in [-0.05, 0) is 29.8 Å². The van der Waals surface area contributed by atoms with E-state index in [1.165, 1.54) is 0 Å². The fourth-order valence-corrected chi connectivity index (χ4v) is 1.43. The maximum absolute atomic E-state index is 5.79. The molecule has 0 N–H and O–H groups in total. The normalized spacial score (nSPS) is 10.1. The van der Waals surface area contributed by atoms with Gasteiger partial charge >= 0.3 is 0 Å². The molecule has 0 saturated heterocycles. The highest BCUT2D eigenvalue weighted by molar-refractivity contribution is 6.30. The lowest BCUT2D eigenvalue weighted by molar-refractivity contribution is 1.33. The topological polar surface area (TPSA) is 12.9 Å². The summed E-state index contributed by atoms with van der Waals surface area (Å²) in [6.07, 6.45) is 1.74. The van der Waals surface area contributed by atoms with Crippen molar-refractivity contribution in [1.82, 2.24) is 4.98 Å². The molecule has 1 nitrogen and oxygen atoms in total. The second-order valence-corrected chi connectivity index (χ2v) is 3.70. The van der Waals surface area contributed by atoms with E-state index < -0.39 is 0 Å². The second-order valence-electron chi connectivity index (χ2n) is 2.88. The van der Waals surface area contributed by atoms with Gasteiger partial charge in [0, 0.05) is 16.8 Å². The summed E-state index contributed by atoms with van der Waals surface area (Å²) < 4.78 is 0. The Hall–Kier alpha value is -1.05. The number of hydrogen-bond donors (Lipinski definition) is 0. The molecule has 0 spiro atoms. The minimum Gasteiger partial charge on any atom is -0.244 e. The summed E-state index contributed by atoms with van der Waals surface area (Å²) in [5.74, 6) is 0. The maximum Gasteiger partial charge on any atom is 0.129 e. The number of halogens is 2. The molecule has 0 unspecified atom stereocenters. The quantitative estimate of drug-likeness (QED) is 0.665. The first-order chi connectivity index (χ1) is 6.75. The van der Waals surface area contributed by atoms with Crippen molar-refractivity contribution in [2.24, 2.45) is 0 Å². The van der Waals surface area contributed by atoms with Gasteiger partial charge in [0.15, 0.2) is 0 Å². The molecule has 0 radical (unpaired) electrons. The average Bonchev–Trinajstić information content (AvgIpc) is 2.21. The summed E-state index contributed by atoms with van der Waals surface area (Å²) >= 11 is 11.5. The molecule has 0 bridgehead atoms. The van der Waals surface area contributed by atoms with E-state index in [9.17, 15) is 0 Å². The summed E-state index contributed by atoms with van der Waals surface area (Å²) in [4.78, 5) is 4.01. The van der Waals surface area contributed by atoms with Crippen LogP contribution in [0.2, 0.25) is 10.2 Å². The van der Waals surface area contributed by atoms with Crippen LogP contribution in [0.15, 0.2) is 42.6 Å². The van der Waals surface area contributed by atoms with Crippen LogP contribution < -0.4 is 0 Å². The molecular weight excluding hydrogens is 217 g/mol. The zero-order valence-corrected chi connectivity index (χ0v) is 8.76. The summed E-state index contributed by atoms with van der Waals surface area (Å²) in [5.41, 5.74) is 2.12. The first kappa shape index (κ1) is 9.50. The molecule has 1 aromatic heterocycles. The van der Waals surface area contributed by atoms with Crippen molar-refractivity contribution in [2.75, 3.05) is 0 Å². The predicted molar refractivity (Wildman–Crippen MR) is 59.7 cm³/mol. The lowest BCUT2D eigenvalue weighted by atomic mass is 10.1. The molecule has 0 atom stereocenters. The fourth-order valence-electron chi connectivity index (χ4n) is 1.19. The summed E-state index contributed by atoms with van der Waals surface area (Å²) in [7, 11) is 0. The van der Waals surface area contributed by atoms with Gasteiger partial charge in [0.25, 0.3) is 0 Å². The standard InChI is InChI=1S/C11H7Cl2N/c12-10-4-1-8(2-5-10)9-3-6-11(13)14-7-9/h1-7H. The lowest BCUT2D eigenvalue weighted by Crippen LogP contribution is -1.79. The van der Waals surface area contributed by atoms with Crippen molar-refractivity contribution < 1.29 is 0 Å². The maximum atomic E-state index is 5.79. The smallest absolute Gasteiger partial charge is 0.129 e. The Balaban J connectivity index is 2.40. The van der Waals surface area contributed by atoms with Crippen LogP contribution in [0.4, 0.5) is 0 Å². The summed E-state index contributed by atoms with van der Waals surface area (Å²) in [6.45, 7) is 0. The van der Waals surface area contributed by atoms with Gasteiger partial charge < -0.3 is 0 Å². The molecule has 70 valence electrons. The Morgan fingerprint density at radius 1 is 0.786 bits per heavy atom. The molecule has 0 aliphatic rings. The molecule has 0 fully saturated rings. The van der Waals surface area contributed by atoms with E-state index >= 15 is 0 Å². The van der Waals surface area contributed by atoms with Crippen molar-refractivity contribution in [3.63, 3.8) is 0 Å². The van der Waals surface area contributed by atoms with Gasteiger partial charge in [0.2, 0.25) is 0 Å². The highest BCUT2D eigenvalue weighted by atomic mass is 35.5. The zero-order chi connectivity index (χ0) is 9.97. The van der Waals surface area contributed by atoms with Gasteiger partial charge in [-0.3, -0.25) is 0 Å². The first-order valence-electron chi connectivity index (χ1n) is 4.13. The lowest BCUT2D eigenvalue weighted by Gasteiger charge is -2.00.